The molecule has 27 heavy (non-hydrogen) atoms. The Balaban J connectivity index is 1.84. The first-order valence-electron chi connectivity index (χ1n) is 9.07. The molecule has 0 bridgehead atoms. The summed E-state index contributed by atoms with van der Waals surface area (Å²) < 4.78 is 32.7. The van der Waals surface area contributed by atoms with Crippen molar-refractivity contribution in [3.63, 3.8) is 0 Å². The summed E-state index contributed by atoms with van der Waals surface area (Å²) in [5.74, 6) is -0.233. The van der Waals surface area contributed by atoms with Gasteiger partial charge in [0.2, 0.25) is 0 Å². The molecule has 0 radical (unpaired) electrons. The summed E-state index contributed by atoms with van der Waals surface area (Å²) in [6.45, 7) is 3.98. The van der Waals surface area contributed by atoms with Crippen molar-refractivity contribution in [2.75, 3.05) is 24.5 Å². The first-order chi connectivity index (χ1) is 13.0. The third kappa shape index (κ3) is 7.03. The predicted molar refractivity (Wildman–Crippen MR) is 106 cm³/mol. The molecular formula is C20H26N2O4S. The minimum atomic E-state index is -3.69. The smallest absolute Gasteiger partial charge is 0.261 e. The lowest BCUT2D eigenvalue weighted by atomic mass is 10.2. The van der Waals surface area contributed by atoms with E-state index in [4.69, 9.17) is 4.74 Å². The van der Waals surface area contributed by atoms with Crippen molar-refractivity contribution in [2.24, 2.45) is 0 Å². The fourth-order valence-electron chi connectivity index (χ4n) is 2.33. The number of ether oxygens (including phenoxy) is 1. The highest BCUT2D eigenvalue weighted by Gasteiger charge is 2.15. The molecule has 2 N–H and O–H groups in total. The van der Waals surface area contributed by atoms with Crippen LogP contribution in [0.5, 0.6) is 0 Å². The van der Waals surface area contributed by atoms with Gasteiger partial charge in [-0.05, 0) is 49.2 Å². The van der Waals surface area contributed by atoms with Crippen LogP contribution < -0.4 is 10.0 Å². The van der Waals surface area contributed by atoms with E-state index in [1.54, 1.807) is 24.3 Å². The lowest BCUT2D eigenvalue weighted by Crippen LogP contribution is -2.25. The molecular weight excluding hydrogens is 364 g/mol. The summed E-state index contributed by atoms with van der Waals surface area (Å²) in [4.78, 5) is 12.2. The molecule has 0 heterocycles. The average Bonchev–Trinajstić information content (AvgIpc) is 2.67. The van der Waals surface area contributed by atoms with Crippen LogP contribution in [0.1, 0.15) is 36.5 Å². The van der Waals surface area contributed by atoms with Crippen LogP contribution in [0.2, 0.25) is 0 Å². The van der Waals surface area contributed by atoms with Gasteiger partial charge in [0.05, 0.1) is 4.90 Å². The second-order valence-electron chi connectivity index (χ2n) is 6.07. The number of unbranched alkanes of at least 4 members (excludes halogenated alkanes) is 1. The van der Waals surface area contributed by atoms with Gasteiger partial charge in [0, 0.05) is 31.0 Å². The number of carbonyl (C=O) groups excluding carboxylic acids is 1. The van der Waals surface area contributed by atoms with E-state index >= 15 is 0 Å². The van der Waals surface area contributed by atoms with Crippen molar-refractivity contribution in [1.82, 2.24) is 5.32 Å². The van der Waals surface area contributed by atoms with Crippen molar-refractivity contribution in [2.45, 2.75) is 31.1 Å². The number of hydrogen-bond acceptors (Lipinski definition) is 4. The van der Waals surface area contributed by atoms with Gasteiger partial charge in [0.25, 0.3) is 15.9 Å². The lowest BCUT2D eigenvalue weighted by molar-refractivity contribution is 0.0940. The molecule has 0 aliphatic carbocycles. The fourth-order valence-corrected chi connectivity index (χ4v) is 3.39. The van der Waals surface area contributed by atoms with Crippen molar-refractivity contribution in [3.05, 3.63) is 60.2 Å². The molecule has 0 aromatic heterocycles. The number of benzene rings is 2. The van der Waals surface area contributed by atoms with Crippen molar-refractivity contribution in [1.29, 1.82) is 0 Å². The van der Waals surface area contributed by atoms with Crippen LogP contribution >= 0.6 is 0 Å². The Morgan fingerprint density at radius 2 is 1.63 bits per heavy atom. The molecule has 0 saturated heterocycles. The molecule has 0 saturated carbocycles. The van der Waals surface area contributed by atoms with Gasteiger partial charge in [-0.1, -0.05) is 31.5 Å². The molecule has 146 valence electrons. The molecule has 7 heteroatoms. The molecule has 0 fully saturated rings. The normalized spacial score (nSPS) is 11.1. The van der Waals surface area contributed by atoms with Crippen LogP contribution in [-0.2, 0) is 14.8 Å². The van der Waals surface area contributed by atoms with Crippen molar-refractivity contribution >= 4 is 21.6 Å². The Morgan fingerprint density at radius 3 is 2.30 bits per heavy atom. The van der Waals surface area contributed by atoms with Crippen molar-refractivity contribution < 1.29 is 17.9 Å². The molecule has 0 aliphatic rings. The number of sulfonamides is 1. The summed E-state index contributed by atoms with van der Waals surface area (Å²) in [6, 6.07) is 14.5. The number of hydrogen-bond donors (Lipinski definition) is 2. The van der Waals surface area contributed by atoms with E-state index in [0.717, 1.165) is 25.9 Å². The number of amides is 1. The van der Waals surface area contributed by atoms with Crippen LogP contribution in [0.15, 0.2) is 59.5 Å². The Morgan fingerprint density at radius 1 is 0.963 bits per heavy atom. The lowest BCUT2D eigenvalue weighted by Gasteiger charge is -2.09. The highest BCUT2D eigenvalue weighted by Crippen LogP contribution is 2.16. The summed E-state index contributed by atoms with van der Waals surface area (Å²) in [7, 11) is -3.69. The highest BCUT2D eigenvalue weighted by molar-refractivity contribution is 7.92. The zero-order valence-corrected chi connectivity index (χ0v) is 16.3. The zero-order chi connectivity index (χ0) is 19.5. The second kappa shape index (κ2) is 10.7. The summed E-state index contributed by atoms with van der Waals surface area (Å²) in [5.41, 5.74) is 0.904. The highest BCUT2D eigenvalue weighted by atomic mass is 32.2. The molecule has 0 unspecified atom stereocenters. The molecule has 2 aromatic rings. The van der Waals surface area contributed by atoms with Gasteiger partial charge in [0.1, 0.15) is 0 Å². The predicted octanol–water partition coefficient (Wildman–Crippen LogP) is 3.42. The number of rotatable bonds is 11. The van der Waals surface area contributed by atoms with Crippen LogP contribution in [-0.4, -0.2) is 34.1 Å². The molecule has 1 amide bonds. The fraction of sp³-hybridized carbons (Fsp3) is 0.350. The summed E-state index contributed by atoms with van der Waals surface area (Å²) in [6.07, 6.45) is 2.88. The van der Waals surface area contributed by atoms with Gasteiger partial charge in [0.15, 0.2) is 0 Å². The van der Waals surface area contributed by atoms with E-state index in [1.807, 2.05) is 6.07 Å². The molecule has 0 atom stereocenters. The SMILES string of the molecule is CCCCOCCCNC(=O)c1ccc(S(=O)(=O)Nc2ccccc2)cc1. The Labute approximate surface area is 161 Å². The number of para-hydroxylation sites is 1. The quantitative estimate of drug-likeness (QED) is 0.576. The van der Waals surface area contributed by atoms with E-state index in [2.05, 4.69) is 17.0 Å². The van der Waals surface area contributed by atoms with E-state index in [1.165, 1.54) is 24.3 Å². The first-order valence-corrected chi connectivity index (χ1v) is 10.5. The van der Waals surface area contributed by atoms with E-state index in [9.17, 15) is 13.2 Å². The maximum atomic E-state index is 12.4. The standard InChI is InChI=1S/C20H26N2O4S/c1-2-3-15-26-16-7-14-21-20(23)17-10-12-19(13-11-17)27(24,25)22-18-8-5-4-6-9-18/h4-6,8-13,22H,2-3,7,14-16H2,1H3,(H,21,23). The average molecular weight is 391 g/mol. The zero-order valence-electron chi connectivity index (χ0n) is 15.5. The molecule has 2 rings (SSSR count). The minimum Gasteiger partial charge on any atom is -0.381 e. The maximum absolute atomic E-state index is 12.4. The van der Waals surface area contributed by atoms with Gasteiger partial charge >= 0.3 is 0 Å². The largest absolute Gasteiger partial charge is 0.381 e. The maximum Gasteiger partial charge on any atom is 0.261 e. The monoisotopic (exact) mass is 390 g/mol. The number of nitrogens with one attached hydrogen (secondary N) is 2. The number of anilines is 1. The first kappa shape index (κ1) is 20.9. The topological polar surface area (TPSA) is 84.5 Å². The van der Waals surface area contributed by atoms with E-state index < -0.39 is 10.0 Å². The van der Waals surface area contributed by atoms with E-state index in [-0.39, 0.29) is 10.8 Å². The van der Waals surface area contributed by atoms with Gasteiger partial charge in [-0.2, -0.15) is 0 Å². The molecule has 0 aliphatic heterocycles. The molecule has 0 spiro atoms. The minimum absolute atomic E-state index is 0.104. The van der Waals surface area contributed by atoms with Crippen LogP contribution in [0, 0.1) is 0 Å². The van der Waals surface area contributed by atoms with Gasteiger partial charge < -0.3 is 10.1 Å². The van der Waals surface area contributed by atoms with E-state index in [0.29, 0.717) is 24.4 Å². The Kier molecular flexibility index (Phi) is 8.29. The van der Waals surface area contributed by atoms with Crippen LogP contribution in [0.3, 0.4) is 0 Å². The van der Waals surface area contributed by atoms with Gasteiger partial charge in [-0.25, -0.2) is 8.42 Å². The van der Waals surface area contributed by atoms with Crippen LogP contribution in [0.25, 0.3) is 0 Å². The second-order valence-corrected chi connectivity index (χ2v) is 7.75. The third-order valence-electron chi connectivity index (χ3n) is 3.85. The van der Waals surface area contributed by atoms with Gasteiger partial charge in [-0.3, -0.25) is 9.52 Å². The Bertz CT molecular complexity index is 806. The Hall–Kier alpha value is -2.38. The van der Waals surface area contributed by atoms with Crippen LogP contribution in [0.4, 0.5) is 5.69 Å². The van der Waals surface area contributed by atoms with Crippen molar-refractivity contribution in [3.8, 4) is 0 Å². The number of carbonyl (C=O) groups is 1. The summed E-state index contributed by atoms with van der Waals surface area (Å²) in [5, 5.41) is 2.80. The van der Waals surface area contributed by atoms with Gasteiger partial charge in [-0.15, -0.1) is 0 Å². The summed E-state index contributed by atoms with van der Waals surface area (Å²) >= 11 is 0. The molecule has 2 aromatic carbocycles. The molecule has 6 nitrogen and oxygen atoms in total. The third-order valence-corrected chi connectivity index (χ3v) is 5.24.